The average molecular weight is 241 g/mol. The highest BCUT2D eigenvalue weighted by Crippen LogP contribution is 2.33. The molecular weight excluding hydrogens is 237 g/mol. The Labute approximate surface area is 87.0 Å². The molecule has 0 unspecified atom stereocenters. The van der Waals surface area contributed by atoms with Crippen molar-refractivity contribution in [2.45, 2.75) is 6.18 Å². The Kier molecular flexibility index (Phi) is 3.09. The van der Waals surface area contributed by atoms with Crippen molar-refractivity contribution >= 4 is 17.6 Å². The van der Waals surface area contributed by atoms with Crippen molar-refractivity contribution in [3.63, 3.8) is 0 Å². The van der Waals surface area contributed by atoms with E-state index in [0.29, 0.717) is 0 Å². The molecule has 3 nitrogen and oxygen atoms in total. The Bertz CT molecular complexity index is 389. The first-order valence-electron chi connectivity index (χ1n) is 3.59. The van der Waals surface area contributed by atoms with Crippen LogP contribution in [0.2, 0.25) is 5.02 Å². The van der Waals surface area contributed by atoms with E-state index in [1.165, 1.54) is 6.07 Å². The van der Waals surface area contributed by atoms with Gasteiger partial charge in [-0.15, -0.1) is 0 Å². The van der Waals surface area contributed by atoms with Crippen molar-refractivity contribution in [3.05, 3.63) is 23.2 Å². The standard InChI is InChI=1S/C8H4ClF3O3/c9-6-4(13)2-1-3-5(6)15-7(14)8(10,11)12/h1-3,13H. The zero-order valence-corrected chi connectivity index (χ0v) is 7.76. The molecule has 1 N–H and O–H groups in total. The molecule has 82 valence electrons. The van der Waals surface area contributed by atoms with Crippen molar-refractivity contribution < 1.29 is 27.8 Å². The third-order valence-corrected chi connectivity index (χ3v) is 1.76. The molecule has 1 aromatic carbocycles. The molecule has 0 aliphatic rings. The lowest BCUT2D eigenvalue weighted by Gasteiger charge is -2.08. The number of halogens is 4. The first kappa shape index (κ1) is 11.6. The highest BCUT2D eigenvalue weighted by molar-refractivity contribution is 6.33. The topological polar surface area (TPSA) is 46.5 Å². The van der Waals surface area contributed by atoms with Crippen LogP contribution in [0.5, 0.6) is 11.5 Å². The van der Waals surface area contributed by atoms with E-state index in [1.807, 2.05) is 0 Å². The second kappa shape index (κ2) is 3.98. The highest BCUT2D eigenvalue weighted by Gasteiger charge is 2.41. The quantitative estimate of drug-likeness (QED) is 0.606. The minimum atomic E-state index is -5.10. The predicted molar refractivity (Wildman–Crippen MR) is 44.8 cm³/mol. The SMILES string of the molecule is O=C(Oc1cccc(O)c1Cl)C(F)(F)F. The second-order valence-electron chi connectivity index (χ2n) is 2.48. The van der Waals surface area contributed by atoms with Gasteiger partial charge in [-0.1, -0.05) is 17.7 Å². The number of aromatic hydroxyl groups is 1. The fourth-order valence-corrected chi connectivity index (χ4v) is 0.900. The minimum Gasteiger partial charge on any atom is -0.506 e. The van der Waals surface area contributed by atoms with Crippen molar-refractivity contribution in [2.24, 2.45) is 0 Å². The second-order valence-corrected chi connectivity index (χ2v) is 2.85. The summed E-state index contributed by atoms with van der Waals surface area (Å²) in [6, 6.07) is 3.37. The van der Waals surface area contributed by atoms with Gasteiger partial charge in [-0.2, -0.15) is 13.2 Å². The number of hydrogen-bond acceptors (Lipinski definition) is 3. The van der Waals surface area contributed by atoms with Crippen molar-refractivity contribution in [1.29, 1.82) is 0 Å². The molecule has 0 fully saturated rings. The molecule has 0 bridgehead atoms. The minimum absolute atomic E-state index is 0.449. The normalized spacial score (nSPS) is 11.2. The van der Waals surface area contributed by atoms with Gasteiger partial charge < -0.3 is 9.84 Å². The number of ether oxygens (including phenoxy) is 1. The molecular formula is C8H4ClF3O3. The van der Waals surface area contributed by atoms with Gasteiger partial charge in [0.05, 0.1) is 0 Å². The lowest BCUT2D eigenvalue weighted by molar-refractivity contribution is -0.189. The van der Waals surface area contributed by atoms with E-state index < -0.39 is 28.7 Å². The lowest BCUT2D eigenvalue weighted by Crippen LogP contribution is -2.28. The first-order chi connectivity index (χ1) is 6.82. The molecule has 0 radical (unpaired) electrons. The Morgan fingerprint density at radius 1 is 1.40 bits per heavy atom. The Morgan fingerprint density at radius 2 is 2.00 bits per heavy atom. The van der Waals surface area contributed by atoms with Gasteiger partial charge in [-0.25, -0.2) is 4.79 Å². The van der Waals surface area contributed by atoms with Gasteiger partial charge >= 0.3 is 12.1 Å². The number of alkyl halides is 3. The Morgan fingerprint density at radius 3 is 2.53 bits per heavy atom. The number of phenolic OH excluding ortho intramolecular Hbond substituents is 1. The molecule has 0 atom stereocenters. The van der Waals surface area contributed by atoms with Crippen LogP contribution < -0.4 is 4.74 Å². The van der Waals surface area contributed by atoms with Gasteiger partial charge in [-0.05, 0) is 12.1 Å². The molecule has 0 amide bonds. The molecule has 15 heavy (non-hydrogen) atoms. The molecule has 0 aromatic heterocycles. The maximum Gasteiger partial charge on any atom is 0.491 e. The van der Waals surface area contributed by atoms with E-state index in [1.54, 1.807) is 0 Å². The van der Waals surface area contributed by atoms with Crippen LogP contribution in [0.1, 0.15) is 0 Å². The third-order valence-electron chi connectivity index (χ3n) is 1.38. The largest absolute Gasteiger partial charge is 0.506 e. The van der Waals surface area contributed by atoms with Gasteiger partial charge in [0.25, 0.3) is 0 Å². The van der Waals surface area contributed by atoms with Crippen LogP contribution in [0, 0.1) is 0 Å². The maximum atomic E-state index is 11.8. The summed E-state index contributed by atoms with van der Waals surface area (Å²) in [5.74, 6) is -3.40. The van der Waals surface area contributed by atoms with Crippen LogP contribution >= 0.6 is 11.6 Å². The van der Waals surface area contributed by atoms with Crippen molar-refractivity contribution in [2.75, 3.05) is 0 Å². The van der Waals surface area contributed by atoms with E-state index in [2.05, 4.69) is 4.74 Å². The van der Waals surface area contributed by atoms with Crippen LogP contribution in [0.15, 0.2) is 18.2 Å². The summed E-state index contributed by atoms with van der Waals surface area (Å²) in [5.41, 5.74) is 0. The molecule has 1 aromatic rings. The van der Waals surface area contributed by atoms with Crippen LogP contribution in [0.25, 0.3) is 0 Å². The monoisotopic (exact) mass is 240 g/mol. The van der Waals surface area contributed by atoms with E-state index in [0.717, 1.165) is 12.1 Å². The van der Waals surface area contributed by atoms with Crippen LogP contribution in [0.4, 0.5) is 13.2 Å². The van der Waals surface area contributed by atoms with Gasteiger partial charge in [0.2, 0.25) is 0 Å². The maximum absolute atomic E-state index is 11.8. The van der Waals surface area contributed by atoms with E-state index in [-0.39, 0.29) is 0 Å². The number of carbonyl (C=O) groups excluding carboxylic acids is 1. The van der Waals surface area contributed by atoms with Crippen LogP contribution in [-0.2, 0) is 4.79 Å². The average Bonchev–Trinajstić information content (AvgIpc) is 2.11. The zero-order valence-electron chi connectivity index (χ0n) is 7.01. The summed E-state index contributed by atoms with van der Waals surface area (Å²) >= 11 is 5.39. The van der Waals surface area contributed by atoms with Gasteiger partial charge in [0.1, 0.15) is 10.8 Å². The summed E-state index contributed by atoms with van der Waals surface area (Å²) in [6.45, 7) is 0. The summed E-state index contributed by atoms with van der Waals surface area (Å²) in [5, 5.41) is 8.56. The Hall–Kier alpha value is -1.43. The van der Waals surface area contributed by atoms with Gasteiger partial charge in [0, 0.05) is 0 Å². The summed E-state index contributed by atoms with van der Waals surface area (Å²) in [6.07, 6.45) is -5.10. The lowest BCUT2D eigenvalue weighted by atomic mass is 10.3. The number of carbonyl (C=O) groups is 1. The Balaban J connectivity index is 2.91. The summed E-state index contributed by atoms with van der Waals surface area (Å²) < 4.78 is 39.3. The molecule has 0 aliphatic heterocycles. The van der Waals surface area contributed by atoms with Crippen molar-refractivity contribution in [3.8, 4) is 11.5 Å². The predicted octanol–water partition coefficient (Wildman–Crippen LogP) is 2.51. The molecule has 0 saturated carbocycles. The number of esters is 1. The third kappa shape index (κ3) is 2.76. The highest BCUT2D eigenvalue weighted by atomic mass is 35.5. The molecule has 7 heteroatoms. The number of rotatable bonds is 1. The molecule has 0 aliphatic carbocycles. The summed E-state index contributed by atoms with van der Waals surface area (Å²) in [7, 11) is 0. The summed E-state index contributed by atoms with van der Waals surface area (Å²) in [4.78, 5) is 10.4. The number of phenols is 1. The molecule has 1 rings (SSSR count). The van der Waals surface area contributed by atoms with Gasteiger partial charge in [-0.3, -0.25) is 0 Å². The molecule has 0 heterocycles. The van der Waals surface area contributed by atoms with Crippen LogP contribution in [-0.4, -0.2) is 17.3 Å². The first-order valence-corrected chi connectivity index (χ1v) is 3.96. The van der Waals surface area contributed by atoms with Crippen molar-refractivity contribution in [1.82, 2.24) is 0 Å². The zero-order chi connectivity index (χ0) is 11.6. The van der Waals surface area contributed by atoms with E-state index in [4.69, 9.17) is 16.7 Å². The smallest absolute Gasteiger partial charge is 0.491 e. The van der Waals surface area contributed by atoms with E-state index in [9.17, 15) is 18.0 Å². The molecule has 0 spiro atoms. The van der Waals surface area contributed by atoms with Crippen LogP contribution in [0.3, 0.4) is 0 Å². The fourth-order valence-electron chi connectivity index (χ4n) is 0.736. The van der Waals surface area contributed by atoms with E-state index >= 15 is 0 Å². The molecule has 0 saturated heterocycles. The number of hydrogen-bond donors (Lipinski definition) is 1. The van der Waals surface area contributed by atoms with Gasteiger partial charge in [0.15, 0.2) is 5.75 Å². The fraction of sp³-hybridized carbons (Fsp3) is 0.125. The number of benzene rings is 1.